The van der Waals surface area contributed by atoms with Gasteiger partial charge in [0.2, 0.25) is 0 Å². The highest BCUT2D eigenvalue weighted by molar-refractivity contribution is 6.91. The van der Waals surface area contributed by atoms with E-state index >= 15 is 0 Å². The molecule has 0 aliphatic carbocycles. The molecule has 0 rings (SSSR count). The van der Waals surface area contributed by atoms with Gasteiger partial charge in [-0.25, -0.2) is 0 Å². The van der Waals surface area contributed by atoms with Crippen molar-refractivity contribution in [1.29, 1.82) is 0 Å². The number of unbranched alkanes of at least 4 members (excludes halogenated alkanes) is 12. The van der Waals surface area contributed by atoms with E-state index < -0.39 is 16.5 Å². The van der Waals surface area contributed by atoms with Crippen LogP contribution in [0.5, 0.6) is 0 Å². The summed E-state index contributed by atoms with van der Waals surface area (Å²) in [4.78, 5) is 0. The van der Waals surface area contributed by atoms with Crippen LogP contribution in [0.1, 0.15) is 104 Å². The van der Waals surface area contributed by atoms with Crippen molar-refractivity contribution >= 4 is 16.5 Å². The molecular formula is C22H51NSi2. The second kappa shape index (κ2) is 15.5. The van der Waals surface area contributed by atoms with Crippen LogP contribution in [-0.2, 0) is 0 Å². The fourth-order valence-corrected chi connectivity index (χ4v) is 14.7. The zero-order chi connectivity index (χ0) is 19.0. The summed E-state index contributed by atoms with van der Waals surface area (Å²) >= 11 is 0. The lowest BCUT2D eigenvalue weighted by Gasteiger charge is -2.35. The van der Waals surface area contributed by atoms with Gasteiger partial charge in [0, 0.05) is 0 Å². The fraction of sp³-hybridized carbons (Fsp3) is 1.00. The van der Waals surface area contributed by atoms with Crippen molar-refractivity contribution in [2.45, 2.75) is 142 Å². The zero-order valence-electron chi connectivity index (χ0n) is 18.8. The molecule has 0 saturated heterocycles. The Bertz CT molecular complexity index is 290. The first-order valence-electron chi connectivity index (χ1n) is 11.6. The van der Waals surface area contributed by atoms with Crippen molar-refractivity contribution in [3.63, 3.8) is 0 Å². The number of rotatable bonds is 18. The summed E-state index contributed by atoms with van der Waals surface area (Å²) in [5.41, 5.74) is 0. The Labute approximate surface area is 163 Å². The fourth-order valence-electron chi connectivity index (χ4n) is 4.09. The third kappa shape index (κ3) is 17.6. The molecule has 0 aliphatic rings. The second-order valence-electron chi connectivity index (χ2n) is 9.64. The van der Waals surface area contributed by atoms with Crippen molar-refractivity contribution < 1.29 is 0 Å². The van der Waals surface area contributed by atoms with Crippen molar-refractivity contribution in [3.05, 3.63) is 0 Å². The van der Waals surface area contributed by atoms with E-state index in [1.54, 1.807) is 0 Å². The first-order valence-corrected chi connectivity index (χ1v) is 18.0. The molecule has 0 unspecified atom stereocenters. The van der Waals surface area contributed by atoms with E-state index in [9.17, 15) is 0 Å². The van der Waals surface area contributed by atoms with Gasteiger partial charge in [-0.2, -0.15) is 0 Å². The quantitative estimate of drug-likeness (QED) is 0.184. The summed E-state index contributed by atoms with van der Waals surface area (Å²) in [6, 6.07) is 2.96. The van der Waals surface area contributed by atoms with E-state index in [2.05, 4.69) is 44.7 Å². The summed E-state index contributed by atoms with van der Waals surface area (Å²) in [5.74, 6) is 0. The van der Waals surface area contributed by atoms with E-state index in [-0.39, 0.29) is 0 Å². The van der Waals surface area contributed by atoms with Crippen molar-refractivity contribution in [2.75, 3.05) is 0 Å². The molecule has 0 aromatic rings. The number of hydrogen-bond acceptors (Lipinski definition) is 1. The van der Waals surface area contributed by atoms with Crippen molar-refractivity contribution in [2.24, 2.45) is 0 Å². The third-order valence-corrected chi connectivity index (χ3v) is 14.1. The minimum atomic E-state index is -1.19. The molecule has 25 heavy (non-hydrogen) atoms. The molecule has 0 heterocycles. The van der Waals surface area contributed by atoms with Gasteiger partial charge in [0.05, 0.1) is 0 Å². The molecule has 0 spiro atoms. The number of hydrogen-bond donors (Lipinski definition) is 1. The topological polar surface area (TPSA) is 12.0 Å². The van der Waals surface area contributed by atoms with Gasteiger partial charge in [-0.3, -0.25) is 0 Å². The maximum Gasteiger partial charge on any atom is 0.112 e. The smallest absolute Gasteiger partial charge is 0.112 e. The Morgan fingerprint density at radius 3 is 1.04 bits per heavy atom. The van der Waals surface area contributed by atoms with Crippen LogP contribution in [0.3, 0.4) is 0 Å². The minimum Gasteiger partial charge on any atom is -0.359 e. The monoisotopic (exact) mass is 385 g/mol. The molecule has 0 bridgehead atoms. The third-order valence-electron chi connectivity index (χ3n) is 5.49. The van der Waals surface area contributed by atoms with Gasteiger partial charge in [-0.05, 0) is 12.1 Å². The summed E-state index contributed by atoms with van der Waals surface area (Å²) in [6.07, 6.45) is 20.2. The van der Waals surface area contributed by atoms with E-state index in [1.165, 1.54) is 102 Å². The number of nitrogens with one attached hydrogen (secondary N) is 1. The van der Waals surface area contributed by atoms with Crippen LogP contribution in [0.4, 0.5) is 0 Å². The normalized spacial score (nSPS) is 12.7. The van der Waals surface area contributed by atoms with Crippen LogP contribution in [0.15, 0.2) is 0 Å². The zero-order valence-corrected chi connectivity index (χ0v) is 20.8. The minimum absolute atomic E-state index is 1.19. The second-order valence-corrected chi connectivity index (χ2v) is 19.2. The van der Waals surface area contributed by atoms with Crippen LogP contribution in [-0.4, -0.2) is 16.5 Å². The lowest BCUT2D eigenvalue weighted by Crippen LogP contribution is -2.58. The Morgan fingerprint density at radius 2 is 0.720 bits per heavy atom. The van der Waals surface area contributed by atoms with Gasteiger partial charge >= 0.3 is 0 Å². The molecule has 0 saturated carbocycles. The molecule has 3 heteroatoms. The maximum absolute atomic E-state index is 4.23. The van der Waals surface area contributed by atoms with E-state index in [0.29, 0.717) is 0 Å². The molecule has 1 nitrogen and oxygen atoms in total. The Morgan fingerprint density at radius 1 is 0.440 bits per heavy atom. The van der Waals surface area contributed by atoms with E-state index in [4.69, 9.17) is 0 Å². The Kier molecular flexibility index (Phi) is 15.7. The van der Waals surface area contributed by atoms with E-state index in [0.717, 1.165) is 0 Å². The van der Waals surface area contributed by atoms with E-state index in [1.807, 2.05) is 0 Å². The molecule has 0 aromatic carbocycles. The van der Waals surface area contributed by atoms with Gasteiger partial charge in [-0.1, -0.05) is 130 Å². The predicted molar refractivity (Wildman–Crippen MR) is 124 cm³/mol. The average Bonchev–Trinajstić information content (AvgIpc) is 2.52. The van der Waals surface area contributed by atoms with Gasteiger partial charge in [-0.15, -0.1) is 0 Å². The van der Waals surface area contributed by atoms with Crippen molar-refractivity contribution in [1.82, 2.24) is 4.65 Å². The van der Waals surface area contributed by atoms with Gasteiger partial charge in [0.25, 0.3) is 0 Å². The summed E-state index contributed by atoms with van der Waals surface area (Å²) < 4.78 is 4.23. The van der Waals surface area contributed by atoms with Crippen LogP contribution in [0, 0.1) is 0 Å². The standard InChI is InChI=1S/C22H51NSi2/c1-7-9-11-13-15-16-18-20-22-25(5,6)23-24(3,4)21-19-17-14-12-10-8-2/h23H,7-22H2,1-6H3. The lowest BCUT2D eigenvalue weighted by atomic mass is 10.1. The summed E-state index contributed by atoms with van der Waals surface area (Å²) in [5, 5.41) is 0. The first-order chi connectivity index (χ1) is 11.8. The highest BCUT2D eigenvalue weighted by Gasteiger charge is 2.30. The summed E-state index contributed by atoms with van der Waals surface area (Å²) in [6.45, 7) is 14.9. The van der Waals surface area contributed by atoms with Gasteiger partial charge in [0.1, 0.15) is 16.5 Å². The molecule has 0 aromatic heterocycles. The largest absolute Gasteiger partial charge is 0.359 e. The molecule has 1 N–H and O–H groups in total. The molecule has 0 radical (unpaired) electrons. The van der Waals surface area contributed by atoms with Gasteiger partial charge < -0.3 is 4.65 Å². The first kappa shape index (κ1) is 25.4. The molecular weight excluding hydrogens is 334 g/mol. The highest BCUT2D eigenvalue weighted by Crippen LogP contribution is 2.20. The molecule has 0 fully saturated rings. The van der Waals surface area contributed by atoms with Gasteiger partial charge in [0.15, 0.2) is 0 Å². The molecule has 0 aliphatic heterocycles. The lowest BCUT2D eigenvalue weighted by molar-refractivity contribution is 0.583. The van der Waals surface area contributed by atoms with Crippen LogP contribution in [0.25, 0.3) is 0 Å². The molecule has 0 amide bonds. The Balaban J connectivity index is 3.76. The van der Waals surface area contributed by atoms with Crippen LogP contribution in [0.2, 0.25) is 38.3 Å². The maximum atomic E-state index is 4.23. The Hall–Kier alpha value is 0.394. The van der Waals surface area contributed by atoms with Crippen LogP contribution < -0.4 is 4.65 Å². The summed E-state index contributed by atoms with van der Waals surface area (Å²) in [7, 11) is -2.38. The molecule has 0 atom stereocenters. The average molecular weight is 386 g/mol. The SMILES string of the molecule is CCCCCCCCCC[Si](C)(C)N[Si](C)(C)CCCCCCCC. The molecule has 152 valence electrons. The van der Waals surface area contributed by atoms with Crippen molar-refractivity contribution in [3.8, 4) is 0 Å². The van der Waals surface area contributed by atoms with Crippen LogP contribution >= 0.6 is 0 Å². The predicted octanol–water partition coefficient (Wildman–Crippen LogP) is 8.49. The highest BCUT2D eigenvalue weighted by atomic mass is 28.4.